The molecule has 0 saturated carbocycles. The van der Waals surface area contributed by atoms with Crippen LogP contribution in [0.4, 0.5) is 4.79 Å². The summed E-state index contributed by atoms with van der Waals surface area (Å²) in [5.41, 5.74) is -0.633. The van der Waals surface area contributed by atoms with Crippen LogP contribution in [0.3, 0.4) is 0 Å². The van der Waals surface area contributed by atoms with Crippen molar-refractivity contribution in [2.75, 3.05) is 6.54 Å². The van der Waals surface area contributed by atoms with Crippen LogP contribution in [0.1, 0.15) is 34.1 Å². The van der Waals surface area contributed by atoms with Crippen molar-refractivity contribution < 1.29 is 22.8 Å². The average molecular weight is 409 g/mol. The molecule has 140 valence electrons. The van der Waals surface area contributed by atoms with Crippen molar-refractivity contribution in [3.05, 3.63) is 28.2 Å². The third-order valence-electron chi connectivity index (χ3n) is 4.91. The van der Waals surface area contributed by atoms with Crippen molar-refractivity contribution in [1.29, 1.82) is 0 Å². The van der Waals surface area contributed by atoms with E-state index in [-0.39, 0.29) is 32.0 Å². The molecule has 1 aliphatic rings. The van der Waals surface area contributed by atoms with Gasteiger partial charge in [-0.3, -0.25) is 4.48 Å². The first-order valence-electron chi connectivity index (χ1n) is 7.88. The van der Waals surface area contributed by atoms with E-state index in [0.717, 1.165) is 0 Å². The molecule has 1 heterocycles. The Kier molecular flexibility index (Phi) is 5.48. The largest absolute Gasteiger partial charge is 0.498 e. The van der Waals surface area contributed by atoms with Crippen LogP contribution in [0, 0.1) is 0 Å². The van der Waals surface area contributed by atoms with Gasteiger partial charge in [-0.15, -0.1) is 0 Å². The fraction of sp³-hybridized carbons (Fsp3) is 0.562. The Labute approximate surface area is 158 Å². The number of halogens is 2. The van der Waals surface area contributed by atoms with E-state index < -0.39 is 27.7 Å². The molecule has 1 unspecified atom stereocenters. The van der Waals surface area contributed by atoms with Crippen LogP contribution in [0.25, 0.3) is 0 Å². The van der Waals surface area contributed by atoms with E-state index in [1.165, 1.54) is 18.2 Å². The second-order valence-corrected chi connectivity index (χ2v) is 9.99. The number of hydrogen-bond donors (Lipinski definition) is 1. The molecule has 1 aromatic rings. The molecular weight excluding hydrogens is 387 g/mol. The van der Waals surface area contributed by atoms with Crippen LogP contribution in [-0.2, 0) is 10.0 Å². The summed E-state index contributed by atoms with van der Waals surface area (Å²) in [4.78, 5) is 11.8. The second kappa shape index (κ2) is 6.70. The van der Waals surface area contributed by atoms with E-state index in [1.54, 1.807) is 6.92 Å². The van der Waals surface area contributed by atoms with Crippen LogP contribution < -0.4 is 9.83 Å². The molecular formula is C16H22Cl2N2O4S. The third kappa shape index (κ3) is 3.66. The highest BCUT2D eigenvalue weighted by Gasteiger charge is 2.54. The van der Waals surface area contributed by atoms with Crippen LogP contribution in [0.15, 0.2) is 23.1 Å². The minimum Gasteiger partial charge on any atom is -0.498 e. The highest BCUT2D eigenvalue weighted by molar-refractivity contribution is 7.89. The van der Waals surface area contributed by atoms with Gasteiger partial charge in [0, 0.05) is 11.4 Å². The summed E-state index contributed by atoms with van der Waals surface area (Å²) in [6.45, 7) is 7.32. The van der Waals surface area contributed by atoms with Crippen molar-refractivity contribution in [2.45, 2.75) is 56.6 Å². The van der Waals surface area contributed by atoms with Crippen molar-refractivity contribution in [3.8, 4) is 0 Å². The maximum Gasteiger partial charge on any atom is 0.258 e. The van der Waals surface area contributed by atoms with Crippen molar-refractivity contribution >= 4 is 39.3 Å². The van der Waals surface area contributed by atoms with Gasteiger partial charge in [-0.1, -0.05) is 23.2 Å². The lowest BCUT2D eigenvalue weighted by molar-refractivity contribution is -0.928. The number of quaternary nitrogens is 1. The average Bonchev–Trinajstić information content (AvgIpc) is 2.77. The van der Waals surface area contributed by atoms with Crippen LogP contribution >= 0.6 is 23.2 Å². The van der Waals surface area contributed by atoms with Crippen LogP contribution in [-0.4, -0.2) is 43.2 Å². The Morgan fingerprint density at radius 3 is 2.40 bits per heavy atom. The molecule has 3 atom stereocenters. The summed E-state index contributed by atoms with van der Waals surface area (Å²) >= 11 is 11.9. The number of amides is 1. The Hall–Kier alpha value is -0.860. The fourth-order valence-corrected chi connectivity index (χ4v) is 5.71. The number of carboxylic acid groups (broad SMARTS) is 1. The first-order chi connectivity index (χ1) is 11.3. The molecule has 1 saturated heterocycles. The monoisotopic (exact) mass is 408 g/mol. The molecule has 25 heavy (non-hydrogen) atoms. The molecule has 0 aliphatic carbocycles. The number of sulfonamides is 1. The number of benzene rings is 1. The number of nitrogens with one attached hydrogen (secondary N) is 1. The van der Waals surface area contributed by atoms with Gasteiger partial charge in [-0.25, -0.2) is 13.1 Å². The predicted molar refractivity (Wildman–Crippen MR) is 94.9 cm³/mol. The van der Waals surface area contributed by atoms with E-state index >= 15 is 0 Å². The molecule has 1 fully saturated rings. The topological polar surface area (TPSA) is 86.3 Å². The fourth-order valence-electron chi connectivity index (χ4n) is 3.71. The van der Waals surface area contributed by atoms with Crippen LogP contribution in [0.5, 0.6) is 0 Å². The number of likely N-dealkylation sites (tertiary alicyclic amines) is 1. The Morgan fingerprint density at radius 1 is 1.32 bits per heavy atom. The molecule has 0 bridgehead atoms. The summed E-state index contributed by atoms with van der Waals surface area (Å²) in [5.74, 6) is 0. The van der Waals surface area contributed by atoms with E-state index in [4.69, 9.17) is 23.2 Å². The van der Waals surface area contributed by atoms with Gasteiger partial charge in [-0.05, 0) is 45.9 Å². The molecule has 1 amide bonds. The molecule has 9 heteroatoms. The smallest absolute Gasteiger partial charge is 0.258 e. The Bertz CT molecular complexity index is 792. The summed E-state index contributed by atoms with van der Waals surface area (Å²) < 4.78 is 27.6. The molecule has 0 aromatic heterocycles. The van der Waals surface area contributed by atoms with Crippen molar-refractivity contribution in [3.63, 3.8) is 0 Å². The van der Waals surface area contributed by atoms with Gasteiger partial charge in [0.2, 0.25) is 10.0 Å². The Morgan fingerprint density at radius 2 is 1.92 bits per heavy atom. The van der Waals surface area contributed by atoms with Crippen molar-refractivity contribution in [1.82, 2.24) is 4.72 Å². The van der Waals surface area contributed by atoms with Crippen molar-refractivity contribution in [2.24, 2.45) is 0 Å². The quantitative estimate of drug-likeness (QED) is 0.777. The van der Waals surface area contributed by atoms with E-state index in [0.29, 0.717) is 6.42 Å². The first kappa shape index (κ1) is 20.5. The number of carbonyl (C=O) groups excluding carboxylic acids is 1. The Balaban J connectivity index is 2.33. The minimum atomic E-state index is -3.93. The second-order valence-electron chi connectivity index (χ2n) is 7.47. The summed E-state index contributed by atoms with van der Waals surface area (Å²) in [6, 6.07) is 3.33. The van der Waals surface area contributed by atoms with Gasteiger partial charge in [0.15, 0.2) is 0 Å². The van der Waals surface area contributed by atoms with Gasteiger partial charge in [-0.2, -0.15) is 0 Å². The summed E-state index contributed by atoms with van der Waals surface area (Å²) in [6.07, 6.45) is -0.828. The minimum absolute atomic E-state index is 0.0550. The zero-order valence-corrected chi connectivity index (χ0v) is 16.9. The van der Waals surface area contributed by atoms with Gasteiger partial charge in [0.25, 0.3) is 6.09 Å². The van der Waals surface area contributed by atoms with Gasteiger partial charge in [0.1, 0.15) is 11.4 Å². The number of nitrogens with zero attached hydrogens (tertiary/aromatic N) is 1. The maximum absolute atomic E-state index is 12.7. The normalized spacial score (nSPS) is 27.4. The summed E-state index contributed by atoms with van der Waals surface area (Å²) in [7, 11) is -3.93. The zero-order chi connectivity index (χ0) is 19.2. The number of hydrogen-bond acceptors (Lipinski definition) is 4. The lowest BCUT2D eigenvalue weighted by atomic mass is 10.0. The molecule has 2 rings (SSSR count). The zero-order valence-electron chi connectivity index (χ0n) is 14.5. The van der Waals surface area contributed by atoms with Gasteiger partial charge >= 0.3 is 0 Å². The standard InChI is InChI=1S/C16H22Cl2N2O4S/c1-10-7-12(9-20(10,15(21)22)16(2,3)4)19-25(23,24)14-8-11(17)5-6-13(14)18/h5-6,8,10,12,19H,7,9H2,1-4H3/t10-,12+,20?/m0/s1. The molecule has 1 aromatic carbocycles. The van der Waals surface area contributed by atoms with E-state index in [9.17, 15) is 18.3 Å². The highest BCUT2D eigenvalue weighted by Crippen LogP contribution is 2.37. The van der Waals surface area contributed by atoms with Gasteiger partial charge in [0.05, 0.1) is 22.6 Å². The van der Waals surface area contributed by atoms with E-state index in [2.05, 4.69) is 4.72 Å². The lowest BCUT2D eigenvalue weighted by Crippen LogP contribution is -2.69. The first-order valence-corrected chi connectivity index (χ1v) is 10.1. The van der Waals surface area contributed by atoms with E-state index in [1.807, 2.05) is 20.8 Å². The van der Waals surface area contributed by atoms with Crippen LogP contribution in [0.2, 0.25) is 10.0 Å². The predicted octanol–water partition coefficient (Wildman–Crippen LogP) is 2.39. The number of rotatable bonds is 3. The maximum atomic E-state index is 12.7. The molecule has 1 aliphatic heterocycles. The molecule has 1 N–H and O–H groups in total. The summed E-state index contributed by atoms with van der Waals surface area (Å²) in [5, 5.41) is 12.2. The third-order valence-corrected chi connectivity index (χ3v) is 7.15. The SMILES string of the molecule is C[C@H]1C[C@@H](NS(=O)(=O)c2cc(Cl)ccc2Cl)C[N+]1(C(=O)[O-])C(C)(C)C. The molecule has 0 radical (unpaired) electrons. The highest BCUT2D eigenvalue weighted by atomic mass is 35.5. The molecule has 0 spiro atoms. The number of carbonyl (C=O) groups is 1. The molecule has 6 nitrogen and oxygen atoms in total. The van der Waals surface area contributed by atoms with Gasteiger partial charge < -0.3 is 9.90 Å². The lowest BCUT2D eigenvalue weighted by Gasteiger charge is -2.48.